The van der Waals surface area contributed by atoms with Gasteiger partial charge in [-0.05, 0) is 63.9 Å². The van der Waals surface area contributed by atoms with Gasteiger partial charge in [-0.2, -0.15) is 0 Å². The third-order valence-electron chi connectivity index (χ3n) is 6.51. The second-order valence-electron chi connectivity index (χ2n) is 10.7. The van der Waals surface area contributed by atoms with Gasteiger partial charge in [0.25, 0.3) is 0 Å². The number of amides is 1. The van der Waals surface area contributed by atoms with Crippen molar-refractivity contribution < 1.29 is 22.7 Å². The first-order chi connectivity index (χ1) is 18.4. The Hall–Kier alpha value is -3.93. The van der Waals surface area contributed by atoms with E-state index < -0.39 is 21.5 Å². The Bertz CT molecular complexity index is 1520. The summed E-state index contributed by atoms with van der Waals surface area (Å²) in [4.78, 5) is 30.8. The van der Waals surface area contributed by atoms with Gasteiger partial charge in [-0.15, -0.1) is 0 Å². The minimum atomic E-state index is -3.27. The van der Waals surface area contributed by atoms with Gasteiger partial charge in [-0.3, -0.25) is 4.90 Å². The van der Waals surface area contributed by atoms with Crippen molar-refractivity contribution in [1.82, 2.24) is 15.0 Å². The number of hydrogen-bond donors (Lipinski definition) is 1. The lowest BCUT2D eigenvalue weighted by Gasteiger charge is -2.35. The molecule has 0 saturated heterocycles. The normalized spacial score (nSPS) is 15.2. The van der Waals surface area contributed by atoms with Crippen molar-refractivity contribution in [2.45, 2.75) is 51.2 Å². The maximum absolute atomic E-state index is 13.0. The Kier molecular flexibility index (Phi) is 6.83. The highest BCUT2D eigenvalue weighted by Crippen LogP contribution is 2.39. The average Bonchev–Trinajstić information content (AvgIpc) is 2.87. The lowest BCUT2D eigenvalue weighted by Crippen LogP contribution is -2.42. The molecular formula is C27H32N6O5S. The van der Waals surface area contributed by atoms with E-state index in [1.165, 1.54) is 6.26 Å². The van der Waals surface area contributed by atoms with Crippen LogP contribution in [0.15, 0.2) is 41.6 Å². The highest BCUT2D eigenvalue weighted by Gasteiger charge is 2.32. The smallest absolute Gasteiger partial charge is 0.415 e. The van der Waals surface area contributed by atoms with E-state index in [2.05, 4.69) is 20.2 Å². The Morgan fingerprint density at radius 3 is 2.54 bits per heavy atom. The molecule has 2 aliphatic heterocycles. The Balaban J connectivity index is 1.38. The number of carbonyl (C=O) groups excluding carboxylic acids is 1. The van der Waals surface area contributed by atoms with Crippen LogP contribution in [-0.2, 0) is 27.5 Å². The summed E-state index contributed by atoms with van der Waals surface area (Å²) < 4.78 is 34.9. The van der Waals surface area contributed by atoms with E-state index in [1.807, 2.05) is 33.9 Å². The van der Waals surface area contributed by atoms with Gasteiger partial charge >= 0.3 is 6.09 Å². The standard InChI is InChI=1S/C27H32N6O5S/c1-17-22(15-28-24-23(17)33(12-13-37-24)26(34)38-27(2,3)4)32-11-10-18-14-29-25(31-21(18)16-32)30-19-6-8-20(9-7-19)39(5,35)36/h6-9,14-15H,10-13,16H2,1-5H3,(H,29,30,31). The molecule has 0 aliphatic carbocycles. The van der Waals surface area contributed by atoms with E-state index >= 15 is 0 Å². The second kappa shape index (κ2) is 9.99. The van der Waals surface area contributed by atoms with Crippen molar-refractivity contribution in [2.75, 3.05) is 41.1 Å². The average molecular weight is 553 g/mol. The molecule has 5 rings (SSSR count). The Labute approximate surface area is 228 Å². The molecule has 0 atom stereocenters. The van der Waals surface area contributed by atoms with Gasteiger partial charge in [0.15, 0.2) is 9.84 Å². The molecule has 11 nitrogen and oxygen atoms in total. The number of carbonyl (C=O) groups is 1. The number of hydrogen-bond acceptors (Lipinski definition) is 10. The zero-order valence-electron chi connectivity index (χ0n) is 22.7. The van der Waals surface area contributed by atoms with Crippen molar-refractivity contribution in [3.05, 3.63) is 53.5 Å². The van der Waals surface area contributed by atoms with Gasteiger partial charge in [0.2, 0.25) is 11.8 Å². The zero-order valence-corrected chi connectivity index (χ0v) is 23.5. The van der Waals surface area contributed by atoms with E-state index in [4.69, 9.17) is 14.5 Å². The molecule has 0 fully saturated rings. The van der Waals surface area contributed by atoms with Gasteiger partial charge in [-0.1, -0.05) is 0 Å². The lowest BCUT2D eigenvalue weighted by atomic mass is 10.0. The number of aromatic nitrogens is 3. The predicted octanol–water partition coefficient (Wildman–Crippen LogP) is 4.02. The summed E-state index contributed by atoms with van der Waals surface area (Å²) in [5, 5.41) is 3.15. The highest BCUT2D eigenvalue weighted by molar-refractivity contribution is 7.90. The van der Waals surface area contributed by atoms with Gasteiger partial charge < -0.3 is 19.7 Å². The first kappa shape index (κ1) is 26.7. The number of nitrogens with one attached hydrogen (secondary N) is 1. The summed E-state index contributed by atoms with van der Waals surface area (Å²) in [5.41, 5.74) is 4.41. The van der Waals surface area contributed by atoms with Crippen molar-refractivity contribution in [3.8, 4) is 5.88 Å². The fourth-order valence-electron chi connectivity index (χ4n) is 4.63. The molecule has 12 heteroatoms. The van der Waals surface area contributed by atoms with E-state index in [9.17, 15) is 13.2 Å². The van der Waals surface area contributed by atoms with Gasteiger partial charge in [0, 0.05) is 30.2 Å². The van der Waals surface area contributed by atoms with Crippen molar-refractivity contribution >= 4 is 38.9 Å². The van der Waals surface area contributed by atoms with Gasteiger partial charge in [-0.25, -0.2) is 28.2 Å². The number of ether oxygens (including phenoxy) is 2. The molecule has 2 aliphatic rings. The molecule has 206 valence electrons. The molecule has 0 saturated carbocycles. The van der Waals surface area contributed by atoms with Crippen LogP contribution in [0.3, 0.4) is 0 Å². The minimum Gasteiger partial charge on any atom is -0.474 e. The number of anilines is 4. The Morgan fingerprint density at radius 2 is 1.85 bits per heavy atom. The molecule has 0 radical (unpaired) electrons. The van der Waals surface area contributed by atoms with Crippen LogP contribution in [0.4, 0.5) is 27.8 Å². The molecule has 2 aromatic heterocycles. The van der Waals surface area contributed by atoms with Crippen LogP contribution in [0, 0.1) is 6.92 Å². The largest absolute Gasteiger partial charge is 0.474 e. The zero-order chi connectivity index (χ0) is 27.9. The summed E-state index contributed by atoms with van der Waals surface area (Å²) in [6.45, 7) is 9.49. The number of benzene rings is 1. The molecule has 0 spiro atoms. The topological polar surface area (TPSA) is 127 Å². The number of nitrogens with zero attached hydrogens (tertiary/aromatic N) is 5. The summed E-state index contributed by atoms with van der Waals surface area (Å²) in [6.07, 6.45) is 5.10. The fraction of sp³-hybridized carbons (Fsp3) is 0.407. The SMILES string of the molecule is Cc1c(N2CCc3cnc(Nc4ccc(S(C)(=O)=O)cc4)nc3C2)cnc2c1N(C(=O)OC(C)(C)C)CCO2. The predicted molar refractivity (Wildman–Crippen MR) is 148 cm³/mol. The lowest BCUT2D eigenvalue weighted by molar-refractivity contribution is 0.0566. The molecule has 4 heterocycles. The minimum absolute atomic E-state index is 0.250. The monoisotopic (exact) mass is 552 g/mol. The number of rotatable bonds is 4. The molecule has 1 N–H and O–H groups in total. The molecule has 1 amide bonds. The summed E-state index contributed by atoms with van der Waals surface area (Å²) in [7, 11) is -3.27. The number of fused-ring (bicyclic) bond motifs is 2. The molecule has 1 aromatic carbocycles. The van der Waals surface area contributed by atoms with Crippen LogP contribution in [0.1, 0.15) is 37.6 Å². The van der Waals surface area contributed by atoms with Crippen molar-refractivity contribution in [1.29, 1.82) is 0 Å². The molecule has 3 aromatic rings. The van der Waals surface area contributed by atoms with E-state index in [0.29, 0.717) is 42.9 Å². The van der Waals surface area contributed by atoms with Crippen LogP contribution in [0.25, 0.3) is 0 Å². The van der Waals surface area contributed by atoms with Gasteiger partial charge in [0.05, 0.1) is 35.6 Å². The first-order valence-corrected chi connectivity index (χ1v) is 14.6. The molecular weight excluding hydrogens is 520 g/mol. The highest BCUT2D eigenvalue weighted by atomic mass is 32.2. The fourth-order valence-corrected chi connectivity index (χ4v) is 5.26. The summed E-state index contributed by atoms with van der Waals surface area (Å²) >= 11 is 0. The summed E-state index contributed by atoms with van der Waals surface area (Å²) in [6, 6.07) is 6.47. The third-order valence-corrected chi connectivity index (χ3v) is 7.64. The van der Waals surface area contributed by atoms with Crippen LogP contribution >= 0.6 is 0 Å². The van der Waals surface area contributed by atoms with Crippen molar-refractivity contribution in [2.24, 2.45) is 0 Å². The quantitative estimate of drug-likeness (QED) is 0.507. The first-order valence-electron chi connectivity index (χ1n) is 12.7. The van der Waals surface area contributed by atoms with Crippen molar-refractivity contribution in [3.63, 3.8) is 0 Å². The third kappa shape index (κ3) is 5.75. The maximum atomic E-state index is 13.0. The van der Waals surface area contributed by atoms with E-state index in [-0.39, 0.29) is 4.90 Å². The second-order valence-corrected chi connectivity index (χ2v) is 12.7. The molecule has 0 bridgehead atoms. The number of sulfone groups is 1. The summed E-state index contributed by atoms with van der Waals surface area (Å²) in [5.74, 6) is 0.842. The molecule has 39 heavy (non-hydrogen) atoms. The van der Waals surface area contributed by atoms with Crippen LogP contribution in [-0.4, -0.2) is 61.0 Å². The Morgan fingerprint density at radius 1 is 1.10 bits per heavy atom. The van der Waals surface area contributed by atoms with Crippen LogP contribution in [0.5, 0.6) is 5.88 Å². The van der Waals surface area contributed by atoms with Crippen LogP contribution in [0.2, 0.25) is 0 Å². The van der Waals surface area contributed by atoms with E-state index in [0.717, 1.165) is 35.5 Å². The molecule has 0 unspecified atom stereocenters. The maximum Gasteiger partial charge on any atom is 0.415 e. The number of pyridine rings is 1. The van der Waals surface area contributed by atoms with E-state index in [1.54, 1.807) is 35.4 Å². The van der Waals surface area contributed by atoms with Crippen LogP contribution < -0.4 is 19.9 Å². The van der Waals surface area contributed by atoms with Gasteiger partial charge in [0.1, 0.15) is 17.9 Å².